The maximum Gasteiger partial charge on any atom is 0.273 e. The van der Waals surface area contributed by atoms with Crippen molar-refractivity contribution in [2.24, 2.45) is 10.9 Å². The Morgan fingerprint density at radius 1 is 1.25 bits per heavy atom. The summed E-state index contributed by atoms with van der Waals surface area (Å²) < 4.78 is 34.1. The molecule has 3 aromatic heterocycles. The maximum atomic E-state index is 13.9. The van der Waals surface area contributed by atoms with Crippen molar-refractivity contribution < 1.29 is 18.6 Å². The highest BCUT2D eigenvalue weighted by atomic mass is 35.5. The van der Waals surface area contributed by atoms with Gasteiger partial charge in [-0.25, -0.2) is 18.7 Å². The third-order valence-corrected chi connectivity index (χ3v) is 6.02. The summed E-state index contributed by atoms with van der Waals surface area (Å²) in [5.41, 5.74) is -0.275. The largest absolute Gasteiger partial charge is 0.485 e. The van der Waals surface area contributed by atoms with Crippen molar-refractivity contribution in [2.75, 3.05) is 0 Å². The van der Waals surface area contributed by atoms with Crippen molar-refractivity contribution in [3.05, 3.63) is 86.6 Å². The lowest BCUT2D eigenvalue weighted by Crippen LogP contribution is -2.32. The third kappa shape index (κ3) is 5.19. The first-order chi connectivity index (χ1) is 17.0. The summed E-state index contributed by atoms with van der Waals surface area (Å²) in [5, 5.41) is 10.1. The quantitative estimate of drug-likeness (QED) is 0.522. The van der Waals surface area contributed by atoms with E-state index in [4.69, 9.17) is 16.3 Å². The average molecular weight is 516 g/mol. The Hall–Kier alpha value is -3.50. The molecule has 2 atom stereocenters. The summed E-state index contributed by atoms with van der Waals surface area (Å²) in [6.45, 7) is 6.49. The molecule has 4 rings (SSSR count). The maximum absolute atomic E-state index is 13.9. The van der Waals surface area contributed by atoms with Crippen LogP contribution in [0.5, 0.6) is 5.75 Å². The van der Waals surface area contributed by atoms with Gasteiger partial charge >= 0.3 is 0 Å². The Morgan fingerprint density at radius 2 is 2.00 bits per heavy atom. The number of nitrogens with zero attached hydrogens (tertiary/aromatic N) is 5. The van der Waals surface area contributed by atoms with Gasteiger partial charge in [-0.15, -0.1) is 0 Å². The molecule has 0 saturated heterocycles. The predicted molar refractivity (Wildman–Crippen MR) is 131 cm³/mol. The predicted octanol–water partition coefficient (Wildman–Crippen LogP) is 4.38. The van der Waals surface area contributed by atoms with Gasteiger partial charge < -0.3 is 14.4 Å². The number of pyridine rings is 2. The van der Waals surface area contributed by atoms with E-state index in [1.165, 1.54) is 10.8 Å². The first kappa shape index (κ1) is 25.6. The first-order valence-corrected chi connectivity index (χ1v) is 11.5. The molecule has 0 aliphatic carbocycles. The molecule has 0 fully saturated rings. The summed E-state index contributed by atoms with van der Waals surface area (Å²) >= 11 is 6.36. The van der Waals surface area contributed by atoms with Crippen LogP contribution in [0.3, 0.4) is 0 Å². The zero-order valence-corrected chi connectivity index (χ0v) is 20.8. The second-order valence-corrected chi connectivity index (χ2v) is 9.39. The zero-order valence-electron chi connectivity index (χ0n) is 20.0. The van der Waals surface area contributed by atoms with Crippen molar-refractivity contribution in [2.45, 2.75) is 45.9 Å². The summed E-state index contributed by atoms with van der Waals surface area (Å²) in [5.74, 6) is -1.50. The molecule has 8 nitrogen and oxygen atoms in total. The molecule has 4 heterocycles. The van der Waals surface area contributed by atoms with Gasteiger partial charge in [-0.2, -0.15) is 0 Å². The second-order valence-electron chi connectivity index (χ2n) is 9.01. The van der Waals surface area contributed by atoms with Gasteiger partial charge in [-0.1, -0.05) is 18.5 Å². The van der Waals surface area contributed by atoms with Crippen molar-refractivity contribution in [3.8, 4) is 5.75 Å². The molecule has 188 valence electrons. The summed E-state index contributed by atoms with van der Waals surface area (Å²) in [4.78, 5) is 30.0. The summed E-state index contributed by atoms with van der Waals surface area (Å²) in [7, 11) is 0. The summed E-state index contributed by atoms with van der Waals surface area (Å²) in [6, 6.07) is 3.52. The fourth-order valence-electron chi connectivity index (χ4n) is 3.76. The fourth-order valence-corrected chi connectivity index (χ4v) is 3.96. The number of aromatic nitrogens is 4. The Kier molecular flexibility index (Phi) is 7.01. The van der Waals surface area contributed by atoms with E-state index in [1.54, 1.807) is 39.1 Å². The van der Waals surface area contributed by atoms with Crippen molar-refractivity contribution >= 4 is 23.5 Å². The number of aliphatic hydroxyl groups is 1. The summed E-state index contributed by atoms with van der Waals surface area (Å²) in [6.07, 6.45) is 5.95. The highest BCUT2D eigenvalue weighted by Gasteiger charge is 2.27. The van der Waals surface area contributed by atoms with Gasteiger partial charge in [0.15, 0.2) is 11.6 Å². The van der Waals surface area contributed by atoms with Gasteiger partial charge in [0.05, 0.1) is 23.6 Å². The molecule has 0 saturated carbocycles. The average Bonchev–Trinajstić information content (AvgIpc) is 2.82. The Labute approximate surface area is 211 Å². The minimum atomic E-state index is -1.23. The Bertz CT molecular complexity index is 1430. The van der Waals surface area contributed by atoms with Crippen LogP contribution in [0, 0.1) is 24.5 Å². The normalized spacial score (nSPS) is 17.7. The first-order valence-electron chi connectivity index (χ1n) is 11.1. The number of allylic oxidation sites excluding steroid dienone is 1. The van der Waals surface area contributed by atoms with E-state index in [2.05, 4.69) is 19.9 Å². The smallest absolute Gasteiger partial charge is 0.273 e. The lowest BCUT2D eigenvalue weighted by atomic mass is 9.97. The number of aliphatic imine (C=N–C) groups is 1. The van der Waals surface area contributed by atoms with Gasteiger partial charge in [0.1, 0.15) is 34.5 Å². The molecule has 0 spiro atoms. The van der Waals surface area contributed by atoms with E-state index in [-0.39, 0.29) is 34.8 Å². The molecule has 1 aliphatic heterocycles. The number of halogens is 3. The standard InChI is InChI=1S/C25H24ClF2N5O3/c1-13-10-30-18(17-5-6-29-24(32-17)25(3,4)35)9-20(13)33-14(2)7-21(22(26)23(33)34)36-12-19-16(28)8-15(27)11-31-19/h5-11,13,20,35H,12H2,1-4H3/t13-,20?/m1/s1. The molecule has 36 heavy (non-hydrogen) atoms. The van der Waals surface area contributed by atoms with Crippen molar-refractivity contribution in [3.63, 3.8) is 0 Å². The highest BCUT2D eigenvalue weighted by molar-refractivity contribution is 6.31. The molecule has 3 aromatic rings. The monoisotopic (exact) mass is 515 g/mol. The van der Waals surface area contributed by atoms with Crippen LogP contribution in [0.15, 0.2) is 46.5 Å². The number of ether oxygens (including phenoxy) is 1. The molecule has 0 aromatic carbocycles. The SMILES string of the molecule is Cc1cc(OCc2ncc(F)cc2F)c(Cl)c(=O)n1C1C=C(c2ccnc(C(C)(C)O)n2)N=C[C@H]1C. The van der Waals surface area contributed by atoms with Crippen LogP contribution in [0.25, 0.3) is 5.70 Å². The molecule has 0 amide bonds. The topological polar surface area (TPSA) is 102 Å². The van der Waals surface area contributed by atoms with Gasteiger partial charge in [0.2, 0.25) is 0 Å². The van der Waals surface area contributed by atoms with E-state index >= 15 is 0 Å². The van der Waals surface area contributed by atoms with E-state index in [0.29, 0.717) is 23.2 Å². The lowest BCUT2D eigenvalue weighted by Gasteiger charge is -2.27. The number of hydrogen-bond donors (Lipinski definition) is 1. The van der Waals surface area contributed by atoms with E-state index in [9.17, 15) is 18.7 Å². The molecule has 1 unspecified atom stereocenters. The van der Waals surface area contributed by atoms with Gasteiger partial charge in [0.25, 0.3) is 5.56 Å². The molecule has 1 N–H and O–H groups in total. The third-order valence-electron chi connectivity index (χ3n) is 5.67. The minimum Gasteiger partial charge on any atom is -0.485 e. The number of hydrogen-bond acceptors (Lipinski definition) is 7. The van der Waals surface area contributed by atoms with Crippen LogP contribution in [-0.2, 0) is 12.2 Å². The molecule has 1 aliphatic rings. The van der Waals surface area contributed by atoms with E-state index in [0.717, 1.165) is 6.20 Å². The van der Waals surface area contributed by atoms with Crippen molar-refractivity contribution in [1.82, 2.24) is 19.5 Å². The van der Waals surface area contributed by atoms with Crippen LogP contribution in [-0.4, -0.2) is 30.8 Å². The zero-order chi connectivity index (χ0) is 26.2. The molecule has 11 heteroatoms. The minimum absolute atomic E-state index is 0.0629. The fraction of sp³-hybridized carbons (Fsp3) is 0.320. The van der Waals surface area contributed by atoms with Crippen LogP contribution < -0.4 is 10.3 Å². The van der Waals surface area contributed by atoms with E-state index in [1.807, 2.05) is 13.0 Å². The number of aryl methyl sites for hydroxylation is 1. The highest BCUT2D eigenvalue weighted by Crippen LogP contribution is 2.32. The second kappa shape index (κ2) is 9.87. The lowest BCUT2D eigenvalue weighted by molar-refractivity contribution is 0.0686. The molecule has 0 radical (unpaired) electrons. The van der Waals surface area contributed by atoms with Crippen LogP contribution in [0.1, 0.15) is 49.7 Å². The molecular formula is C25H24ClF2N5O3. The number of rotatable bonds is 6. The van der Waals surface area contributed by atoms with Crippen LogP contribution >= 0.6 is 11.6 Å². The molecular weight excluding hydrogens is 492 g/mol. The van der Waals surface area contributed by atoms with E-state index < -0.39 is 28.8 Å². The van der Waals surface area contributed by atoms with Gasteiger partial charge in [0, 0.05) is 36.2 Å². The molecule has 0 bridgehead atoms. The van der Waals surface area contributed by atoms with Crippen LogP contribution in [0.2, 0.25) is 5.02 Å². The Morgan fingerprint density at radius 3 is 2.69 bits per heavy atom. The van der Waals surface area contributed by atoms with Gasteiger partial charge in [-0.05, 0) is 32.9 Å². The van der Waals surface area contributed by atoms with Gasteiger partial charge in [-0.3, -0.25) is 14.8 Å². The van der Waals surface area contributed by atoms with Crippen molar-refractivity contribution in [1.29, 1.82) is 0 Å². The Balaban J connectivity index is 1.67. The van der Waals surface area contributed by atoms with Crippen LogP contribution in [0.4, 0.5) is 8.78 Å².